The quantitative estimate of drug-likeness (QED) is 0.827. The summed E-state index contributed by atoms with van der Waals surface area (Å²) in [6, 6.07) is 0. The first-order chi connectivity index (χ1) is 5.77. The second kappa shape index (κ2) is 4.45. The van der Waals surface area contributed by atoms with Crippen molar-refractivity contribution in [1.82, 2.24) is 9.97 Å². The molecule has 0 amide bonds. The predicted octanol–water partition coefficient (Wildman–Crippen LogP) is 2.10. The molecule has 0 aromatic carbocycles. The molecule has 0 aliphatic heterocycles. The molecule has 3 heteroatoms. The van der Waals surface area contributed by atoms with Crippen molar-refractivity contribution in [2.45, 2.75) is 38.5 Å². The molecular formula is C10H14InN2. The van der Waals surface area contributed by atoms with Crippen LogP contribution in [0, 0.1) is 0 Å². The van der Waals surface area contributed by atoms with Crippen molar-refractivity contribution in [2.24, 2.45) is 0 Å². The van der Waals surface area contributed by atoms with Gasteiger partial charge in [-0.1, -0.05) is 13.8 Å². The van der Waals surface area contributed by atoms with E-state index in [9.17, 15) is 0 Å². The molecule has 1 aromatic rings. The smallest absolute Gasteiger partial charge is 0.131 e. The summed E-state index contributed by atoms with van der Waals surface area (Å²) in [4.78, 5) is 8.70. The van der Waals surface area contributed by atoms with Crippen LogP contribution < -0.4 is 0 Å². The summed E-state index contributed by atoms with van der Waals surface area (Å²) in [5, 5.41) is 0. The van der Waals surface area contributed by atoms with Gasteiger partial charge in [0, 0.05) is 44.2 Å². The minimum absolute atomic E-state index is 0. The van der Waals surface area contributed by atoms with E-state index in [1.807, 2.05) is 12.4 Å². The molecule has 13 heavy (non-hydrogen) atoms. The second-order valence-corrected chi connectivity index (χ2v) is 3.80. The van der Waals surface area contributed by atoms with Crippen LogP contribution in [0.5, 0.6) is 0 Å². The minimum atomic E-state index is 0. The van der Waals surface area contributed by atoms with Crippen molar-refractivity contribution in [2.75, 3.05) is 0 Å². The van der Waals surface area contributed by atoms with Gasteiger partial charge in [0.15, 0.2) is 0 Å². The Labute approximate surface area is 98.0 Å². The van der Waals surface area contributed by atoms with Crippen molar-refractivity contribution in [3.8, 4) is 0 Å². The molecule has 0 spiro atoms. The average Bonchev–Trinajstić information content (AvgIpc) is 2.87. The van der Waals surface area contributed by atoms with Crippen LogP contribution in [0.1, 0.15) is 49.9 Å². The molecule has 1 aromatic heterocycles. The van der Waals surface area contributed by atoms with Crippen molar-refractivity contribution in [1.29, 1.82) is 0 Å². The summed E-state index contributed by atoms with van der Waals surface area (Å²) < 4.78 is 0. The molecule has 67 valence electrons. The third-order valence-electron chi connectivity index (χ3n) is 2.30. The molecule has 2 rings (SSSR count). The van der Waals surface area contributed by atoms with Crippen molar-refractivity contribution < 1.29 is 0 Å². The predicted molar refractivity (Wildman–Crippen MR) is 53.9 cm³/mol. The van der Waals surface area contributed by atoms with Gasteiger partial charge in [-0.15, -0.1) is 0 Å². The van der Waals surface area contributed by atoms with E-state index in [4.69, 9.17) is 0 Å². The maximum absolute atomic E-state index is 4.35. The maximum Gasteiger partial charge on any atom is 0.131 e. The van der Waals surface area contributed by atoms with Gasteiger partial charge in [0.05, 0.1) is 0 Å². The van der Waals surface area contributed by atoms with Gasteiger partial charge in [0.25, 0.3) is 0 Å². The van der Waals surface area contributed by atoms with Gasteiger partial charge in [0.1, 0.15) is 5.82 Å². The van der Waals surface area contributed by atoms with Gasteiger partial charge < -0.3 is 0 Å². The van der Waals surface area contributed by atoms with Crippen molar-refractivity contribution in [3.63, 3.8) is 0 Å². The zero-order valence-electron chi connectivity index (χ0n) is 8.20. The van der Waals surface area contributed by atoms with Gasteiger partial charge >= 0.3 is 0 Å². The van der Waals surface area contributed by atoms with E-state index in [1.165, 1.54) is 18.4 Å². The Morgan fingerprint density at radius 2 is 1.77 bits per heavy atom. The van der Waals surface area contributed by atoms with Crippen LogP contribution in [0.15, 0.2) is 12.4 Å². The molecule has 0 unspecified atom stereocenters. The first-order valence-electron chi connectivity index (χ1n) is 4.59. The fourth-order valence-corrected chi connectivity index (χ4v) is 1.20. The topological polar surface area (TPSA) is 25.8 Å². The van der Waals surface area contributed by atoms with Gasteiger partial charge in [-0.25, -0.2) is 9.97 Å². The molecule has 2 nitrogen and oxygen atoms in total. The molecule has 0 atom stereocenters. The fraction of sp³-hybridized carbons (Fsp3) is 0.600. The first kappa shape index (κ1) is 11.0. The molecule has 1 aliphatic carbocycles. The van der Waals surface area contributed by atoms with E-state index in [-0.39, 0.29) is 25.8 Å². The number of aromatic nitrogens is 2. The van der Waals surface area contributed by atoms with Crippen LogP contribution in [0.3, 0.4) is 0 Å². The van der Waals surface area contributed by atoms with Crippen LogP contribution in [0.4, 0.5) is 0 Å². The van der Waals surface area contributed by atoms with Crippen molar-refractivity contribution >= 4 is 25.8 Å². The summed E-state index contributed by atoms with van der Waals surface area (Å²) in [5.41, 5.74) is 1.24. The van der Waals surface area contributed by atoms with Crippen LogP contribution in [0.25, 0.3) is 0 Å². The number of nitrogens with zero attached hydrogens (tertiary/aromatic N) is 2. The Kier molecular flexibility index (Phi) is 3.77. The molecule has 3 radical (unpaired) electrons. The maximum atomic E-state index is 4.35. The Morgan fingerprint density at radius 1 is 1.23 bits per heavy atom. The van der Waals surface area contributed by atoms with E-state index in [0.29, 0.717) is 11.8 Å². The third-order valence-corrected chi connectivity index (χ3v) is 2.30. The molecule has 0 saturated heterocycles. The first-order valence-corrected chi connectivity index (χ1v) is 4.59. The summed E-state index contributed by atoms with van der Waals surface area (Å²) in [6.45, 7) is 4.32. The summed E-state index contributed by atoms with van der Waals surface area (Å²) in [5.74, 6) is 2.25. The average molecular weight is 277 g/mol. The Bertz CT molecular complexity index is 244. The molecule has 0 N–H and O–H groups in total. The monoisotopic (exact) mass is 277 g/mol. The fourth-order valence-electron chi connectivity index (χ4n) is 1.20. The molecule has 1 fully saturated rings. The molecule has 1 saturated carbocycles. The summed E-state index contributed by atoms with van der Waals surface area (Å²) in [6.07, 6.45) is 6.48. The Morgan fingerprint density at radius 3 is 2.15 bits per heavy atom. The van der Waals surface area contributed by atoms with Gasteiger partial charge in [-0.05, 0) is 24.3 Å². The Hall–Kier alpha value is -0.0499. The molecule has 0 bridgehead atoms. The van der Waals surface area contributed by atoms with Gasteiger partial charge in [0.2, 0.25) is 0 Å². The number of hydrogen-bond acceptors (Lipinski definition) is 2. The number of hydrogen-bond donors (Lipinski definition) is 0. The summed E-state index contributed by atoms with van der Waals surface area (Å²) in [7, 11) is 0. The number of rotatable bonds is 2. The van der Waals surface area contributed by atoms with E-state index in [2.05, 4.69) is 23.8 Å². The van der Waals surface area contributed by atoms with E-state index in [1.54, 1.807) is 0 Å². The second-order valence-electron chi connectivity index (χ2n) is 3.80. The summed E-state index contributed by atoms with van der Waals surface area (Å²) >= 11 is 0. The molecule has 1 heterocycles. The van der Waals surface area contributed by atoms with Crippen LogP contribution in [0.2, 0.25) is 0 Å². The van der Waals surface area contributed by atoms with Crippen molar-refractivity contribution in [3.05, 3.63) is 23.8 Å². The molecule has 1 aliphatic rings. The Balaban J connectivity index is 0.000000845. The van der Waals surface area contributed by atoms with Crippen LogP contribution >= 0.6 is 0 Å². The van der Waals surface area contributed by atoms with Crippen LogP contribution in [-0.4, -0.2) is 35.8 Å². The largest absolute Gasteiger partial charge is 0.241 e. The van der Waals surface area contributed by atoms with E-state index >= 15 is 0 Å². The molecular weight excluding hydrogens is 263 g/mol. The minimum Gasteiger partial charge on any atom is -0.241 e. The standard InChI is InChI=1S/C10H14N2.In/c1-7(2)9-5-11-10(12-6-9)8-3-4-8;/h5-8H,3-4H2,1-2H3;. The van der Waals surface area contributed by atoms with Crippen LogP contribution in [-0.2, 0) is 0 Å². The van der Waals surface area contributed by atoms with Gasteiger partial charge in [-0.2, -0.15) is 0 Å². The zero-order chi connectivity index (χ0) is 8.55. The SMILES string of the molecule is CC(C)c1cnc(C2CC2)nc1.[In]. The van der Waals surface area contributed by atoms with E-state index in [0.717, 1.165) is 5.82 Å². The zero-order valence-corrected chi connectivity index (χ0v) is 11.5. The third kappa shape index (κ3) is 2.70. The van der Waals surface area contributed by atoms with Gasteiger partial charge in [-0.3, -0.25) is 0 Å². The normalized spacial score (nSPS) is 15.6. The van der Waals surface area contributed by atoms with E-state index < -0.39 is 0 Å².